The van der Waals surface area contributed by atoms with Crippen molar-refractivity contribution in [1.29, 1.82) is 0 Å². The fraction of sp³-hybridized carbons (Fsp3) is 0.385. The molecule has 1 aliphatic carbocycles. The van der Waals surface area contributed by atoms with E-state index in [1.54, 1.807) is 0 Å². The molecule has 5 heteroatoms. The van der Waals surface area contributed by atoms with E-state index in [9.17, 15) is 9.59 Å². The van der Waals surface area contributed by atoms with Crippen LogP contribution in [0.25, 0.3) is 0 Å². The van der Waals surface area contributed by atoms with Gasteiger partial charge in [-0.1, -0.05) is 24.3 Å². The first-order valence-corrected chi connectivity index (χ1v) is 5.80. The maximum absolute atomic E-state index is 10.8. The zero-order chi connectivity index (χ0) is 13.1. The quantitative estimate of drug-likeness (QED) is 0.800. The first-order chi connectivity index (χ1) is 8.56. The number of nitrogens with zero attached hydrogens (tertiary/aromatic N) is 1. The van der Waals surface area contributed by atoms with Crippen molar-refractivity contribution in [3.05, 3.63) is 35.4 Å². The summed E-state index contributed by atoms with van der Waals surface area (Å²) in [5.41, 5.74) is 2.37. The molecule has 2 N–H and O–H groups in total. The zero-order valence-corrected chi connectivity index (χ0v) is 9.87. The average Bonchev–Trinajstić information content (AvgIpc) is 2.70. The van der Waals surface area contributed by atoms with Crippen LogP contribution in [0.2, 0.25) is 0 Å². The molecule has 0 saturated heterocycles. The molecule has 1 aromatic carbocycles. The van der Waals surface area contributed by atoms with Crippen LogP contribution in [0, 0.1) is 0 Å². The summed E-state index contributed by atoms with van der Waals surface area (Å²) in [6.07, 6.45) is 1.44. The lowest BCUT2D eigenvalue weighted by Gasteiger charge is -2.25. The third-order valence-electron chi connectivity index (χ3n) is 3.22. The summed E-state index contributed by atoms with van der Waals surface area (Å²) in [6.45, 7) is -0.462. The highest BCUT2D eigenvalue weighted by Gasteiger charge is 2.28. The van der Waals surface area contributed by atoms with Gasteiger partial charge in [-0.3, -0.25) is 14.5 Å². The molecule has 0 unspecified atom stereocenters. The van der Waals surface area contributed by atoms with E-state index in [0.29, 0.717) is 0 Å². The van der Waals surface area contributed by atoms with Crippen LogP contribution in [0.5, 0.6) is 0 Å². The molecule has 0 fully saturated rings. The molecule has 0 bridgehead atoms. The molecule has 1 aromatic rings. The minimum atomic E-state index is -0.993. The fourth-order valence-corrected chi connectivity index (χ4v) is 2.46. The van der Waals surface area contributed by atoms with Crippen LogP contribution in [-0.4, -0.2) is 46.2 Å². The first-order valence-electron chi connectivity index (χ1n) is 5.80. The smallest absolute Gasteiger partial charge is 0.317 e. The van der Waals surface area contributed by atoms with Gasteiger partial charge in [-0.15, -0.1) is 0 Å². The number of fused-ring (bicyclic) bond motifs is 1. The number of aliphatic carboxylic acids is 2. The Hall–Kier alpha value is -1.88. The molecule has 0 heterocycles. The van der Waals surface area contributed by atoms with E-state index in [1.807, 2.05) is 24.3 Å². The number of carboxylic acids is 2. The normalized spacial score (nSPS) is 14.7. The van der Waals surface area contributed by atoms with Crippen molar-refractivity contribution >= 4 is 11.9 Å². The summed E-state index contributed by atoms with van der Waals surface area (Å²) in [5, 5.41) is 17.7. The Morgan fingerprint density at radius 3 is 1.89 bits per heavy atom. The van der Waals surface area contributed by atoms with Gasteiger partial charge in [-0.2, -0.15) is 0 Å². The van der Waals surface area contributed by atoms with E-state index in [0.717, 1.165) is 12.8 Å². The number of carboxylic acid groups (broad SMARTS) is 2. The Morgan fingerprint density at radius 2 is 1.50 bits per heavy atom. The monoisotopic (exact) mass is 249 g/mol. The molecule has 0 aliphatic heterocycles. The minimum Gasteiger partial charge on any atom is -0.480 e. The predicted molar refractivity (Wildman–Crippen MR) is 64.5 cm³/mol. The minimum absolute atomic E-state index is 0.0328. The van der Waals surface area contributed by atoms with Gasteiger partial charge in [-0.05, 0) is 24.0 Å². The molecule has 5 nitrogen and oxygen atoms in total. The summed E-state index contributed by atoms with van der Waals surface area (Å²) >= 11 is 0. The molecule has 18 heavy (non-hydrogen) atoms. The maximum Gasteiger partial charge on any atom is 0.317 e. The van der Waals surface area contributed by atoms with E-state index < -0.39 is 11.9 Å². The lowest BCUT2D eigenvalue weighted by atomic mass is 10.1. The number of hydrogen-bond acceptors (Lipinski definition) is 3. The van der Waals surface area contributed by atoms with E-state index in [1.165, 1.54) is 16.0 Å². The summed E-state index contributed by atoms with van der Waals surface area (Å²) in [4.78, 5) is 23.1. The van der Waals surface area contributed by atoms with Crippen LogP contribution < -0.4 is 0 Å². The Kier molecular flexibility index (Phi) is 3.62. The molecular formula is C13H15NO4. The lowest BCUT2D eigenvalue weighted by molar-refractivity contribution is -0.142. The SMILES string of the molecule is O=C(O)CN(CC(=O)O)C1Cc2ccccc2C1. The topological polar surface area (TPSA) is 77.8 Å². The summed E-state index contributed by atoms with van der Waals surface area (Å²) in [7, 11) is 0. The van der Waals surface area contributed by atoms with E-state index >= 15 is 0 Å². The highest BCUT2D eigenvalue weighted by atomic mass is 16.4. The van der Waals surface area contributed by atoms with Gasteiger partial charge in [0, 0.05) is 6.04 Å². The van der Waals surface area contributed by atoms with Gasteiger partial charge in [0.15, 0.2) is 0 Å². The molecule has 0 spiro atoms. The molecular weight excluding hydrogens is 234 g/mol. The molecule has 0 saturated carbocycles. The third kappa shape index (κ3) is 2.87. The van der Waals surface area contributed by atoms with Crippen LogP contribution in [0.1, 0.15) is 11.1 Å². The van der Waals surface area contributed by atoms with E-state index in [2.05, 4.69) is 0 Å². The largest absolute Gasteiger partial charge is 0.480 e. The molecule has 1 aliphatic rings. The Morgan fingerprint density at radius 1 is 1.06 bits per heavy atom. The van der Waals surface area contributed by atoms with Crippen LogP contribution in [0.4, 0.5) is 0 Å². The Balaban J connectivity index is 2.09. The summed E-state index contributed by atoms with van der Waals surface area (Å²) in [5.74, 6) is -1.99. The van der Waals surface area contributed by atoms with Gasteiger partial charge >= 0.3 is 11.9 Å². The molecule has 0 radical (unpaired) electrons. The molecule has 96 valence electrons. The number of benzene rings is 1. The van der Waals surface area contributed by atoms with Gasteiger partial charge in [0.05, 0.1) is 13.1 Å². The van der Waals surface area contributed by atoms with Crippen LogP contribution in [0.3, 0.4) is 0 Å². The standard InChI is InChI=1S/C13H15NO4/c15-12(16)7-14(8-13(17)18)11-5-9-3-1-2-4-10(9)6-11/h1-4,11H,5-8H2,(H,15,16)(H,17,18). The van der Waals surface area contributed by atoms with Gasteiger partial charge < -0.3 is 10.2 Å². The Labute approximate surface area is 105 Å². The van der Waals surface area contributed by atoms with E-state index in [-0.39, 0.29) is 19.1 Å². The zero-order valence-electron chi connectivity index (χ0n) is 9.87. The van der Waals surface area contributed by atoms with Crippen LogP contribution in [0.15, 0.2) is 24.3 Å². The highest BCUT2D eigenvalue weighted by molar-refractivity contribution is 5.72. The van der Waals surface area contributed by atoms with Crippen molar-refractivity contribution in [3.8, 4) is 0 Å². The lowest BCUT2D eigenvalue weighted by Crippen LogP contribution is -2.42. The molecule has 0 atom stereocenters. The van der Waals surface area contributed by atoms with Gasteiger partial charge in [0.1, 0.15) is 0 Å². The summed E-state index contributed by atoms with van der Waals surface area (Å²) < 4.78 is 0. The number of hydrogen-bond donors (Lipinski definition) is 2. The first kappa shape index (κ1) is 12.6. The van der Waals surface area contributed by atoms with Crippen molar-refractivity contribution in [3.63, 3.8) is 0 Å². The second-order valence-corrected chi connectivity index (χ2v) is 4.52. The van der Waals surface area contributed by atoms with Crippen molar-refractivity contribution < 1.29 is 19.8 Å². The number of carbonyl (C=O) groups is 2. The van der Waals surface area contributed by atoms with E-state index in [4.69, 9.17) is 10.2 Å². The number of rotatable bonds is 5. The Bertz CT molecular complexity index is 431. The highest BCUT2D eigenvalue weighted by Crippen LogP contribution is 2.25. The summed E-state index contributed by atoms with van der Waals surface area (Å²) in [6, 6.07) is 7.87. The maximum atomic E-state index is 10.8. The van der Waals surface area contributed by atoms with Crippen LogP contribution in [-0.2, 0) is 22.4 Å². The third-order valence-corrected chi connectivity index (χ3v) is 3.22. The second kappa shape index (κ2) is 5.18. The van der Waals surface area contributed by atoms with Crippen molar-refractivity contribution in [2.24, 2.45) is 0 Å². The molecule has 2 rings (SSSR count). The fourth-order valence-electron chi connectivity index (χ4n) is 2.46. The van der Waals surface area contributed by atoms with Crippen molar-refractivity contribution in [2.75, 3.05) is 13.1 Å². The second-order valence-electron chi connectivity index (χ2n) is 4.52. The molecule has 0 amide bonds. The molecule has 0 aromatic heterocycles. The van der Waals surface area contributed by atoms with Crippen LogP contribution >= 0.6 is 0 Å². The predicted octanol–water partition coefficient (Wildman–Crippen LogP) is 0.625. The average molecular weight is 249 g/mol. The van der Waals surface area contributed by atoms with Crippen molar-refractivity contribution in [2.45, 2.75) is 18.9 Å². The van der Waals surface area contributed by atoms with Gasteiger partial charge in [-0.25, -0.2) is 0 Å². The van der Waals surface area contributed by atoms with Crippen molar-refractivity contribution in [1.82, 2.24) is 4.90 Å². The van der Waals surface area contributed by atoms with Gasteiger partial charge in [0.2, 0.25) is 0 Å². The van der Waals surface area contributed by atoms with Gasteiger partial charge in [0.25, 0.3) is 0 Å².